The van der Waals surface area contributed by atoms with Crippen LogP contribution in [0.2, 0.25) is 0 Å². The summed E-state index contributed by atoms with van der Waals surface area (Å²) < 4.78 is 0. The SMILES string of the molecule is CC(CCN)CCCCCCCN. The molecular formula is C11H26N2. The molecule has 0 spiro atoms. The Morgan fingerprint density at radius 2 is 1.38 bits per heavy atom. The lowest BCUT2D eigenvalue weighted by atomic mass is 9.99. The van der Waals surface area contributed by atoms with Gasteiger partial charge in [-0.1, -0.05) is 39.0 Å². The molecule has 0 aromatic rings. The van der Waals surface area contributed by atoms with E-state index in [0.29, 0.717) is 0 Å². The van der Waals surface area contributed by atoms with Crippen molar-refractivity contribution in [1.82, 2.24) is 0 Å². The van der Waals surface area contributed by atoms with E-state index < -0.39 is 0 Å². The summed E-state index contributed by atoms with van der Waals surface area (Å²) in [7, 11) is 0. The molecule has 0 amide bonds. The van der Waals surface area contributed by atoms with Crippen molar-refractivity contribution in [3.63, 3.8) is 0 Å². The standard InChI is InChI=1S/C11H26N2/c1-11(8-10-13)7-5-3-2-4-6-9-12/h11H,2-10,12-13H2,1H3. The topological polar surface area (TPSA) is 52.0 Å². The molecule has 13 heavy (non-hydrogen) atoms. The molecule has 0 radical (unpaired) electrons. The zero-order valence-electron chi connectivity index (χ0n) is 9.10. The van der Waals surface area contributed by atoms with Gasteiger partial charge in [0.05, 0.1) is 0 Å². The van der Waals surface area contributed by atoms with E-state index in [1.165, 1.54) is 44.9 Å². The summed E-state index contributed by atoms with van der Waals surface area (Å²) in [5.41, 5.74) is 10.9. The van der Waals surface area contributed by atoms with Crippen LogP contribution >= 0.6 is 0 Å². The number of nitrogens with two attached hydrogens (primary N) is 2. The normalized spacial score (nSPS) is 13.2. The number of rotatable bonds is 9. The molecule has 0 aromatic carbocycles. The second-order valence-electron chi connectivity index (χ2n) is 4.03. The maximum Gasteiger partial charge on any atom is -0.00747 e. The van der Waals surface area contributed by atoms with E-state index in [9.17, 15) is 0 Å². The molecule has 0 rings (SSSR count). The maximum absolute atomic E-state index is 5.49. The Morgan fingerprint density at radius 1 is 0.769 bits per heavy atom. The fraction of sp³-hybridized carbons (Fsp3) is 1.00. The average molecular weight is 186 g/mol. The molecule has 2 nitrogen and oxygen atoms in total. The number of hydrogen-bond acceptors (Lipinski definition) is 2. The Balaban J connectivity index is 2.97. The zero-order chi connectivity index (χ0) is 9.94. The maximum atomic E-state index is 5.49. The molecular weight excluding hydrogens is 160 g/mol. The largest absolute Gasteiger partial charge is 0.330 e. The summed E-state index contributed by atoms with van der Waals surface area (Å²) in [4.78, 5) is 0. The molecule has 0 aromatic heterocycles. The van der Waals surface area contributed by atoms with Crippen molar-refractivity contribution in [3.05, 3.63) is 0 Å². The number of unbranched alkanes of at least 4 members (excludes halogenated alkanes) is 4. The Kier molecular flexibility index (Phi) is 9.94. The average Bonchev–Trinajstić information content (AvgIpc) is 2.11. The highest BCUT2D eigenvalue weighted by Crippen LogP contribution is 2.13. The van der Waals surface area contributed by atoms with Crippen molar-refractivity contribution >= 4 is 0 Å². The minimum atomic E-state index is 0.819. The van der Waals surface area contributed by atoms with Crippen LogP contribution in [-0.2, 0) is 0 Å². The van der Waals surface area contributed by atoms with E-state index in [1.807, 2.05) is 0 Å². The summed E-state index contributed by atoms with van der Waals surface area (Å²) >= 11 is 0. The van der Waals surface area contributed by atoms with Crippen LogP contribution < -0.4 is 11.5 Å². The first-order valence-corrected chi connectivity index (χ1v) is 5.71. The highest BCUT2D eigenvalue weighted by molar-refractivity contribution is 4.54. The van der Waals surface area contributed by atoms with Crippen molar-refractivity contribution in [3.8, 4) is 0 Å². The van der Waals surface area contributed by atoms with Gasteiger partial charge in [0.2, 0.25) is 0 Å². The molecule has 0 aliphatic rings. The van der Waals surface area contributed by atoms with Gasteiger partial charge in [0.15, 0.2) is 0 Å². The van der Waals surface area contributed by atoms with Crippen LogP contribution in [0.3, 0.4) is 0 Å². The molecule has 0 saturated carbocycles. The minimum absolute atomic E-state index is 0.819. The van der Waals surface area contributed by atoms with Crippen LogP contribution in [0.15, 0.2) is 0 Å². The molecule has 0 bridgehead atoms. The first-order valence-electron chi connectivity index (χ1n) is 5.71. The smallest absolute Gasteiger partial charge is 0.00747 e. The summed E-state index contributed by atoms with van der Waals surface area (Å²) in [5.74, 6) is 0.819. The van der Waals surface area contributed by atoms with Gasteiger partial charge in [-0.25, -0.2) is 0 Å². The fourth-order valence-corrected chi connectivity index (χ4v) is 1.60. The van der Waals surface area contributed by atoms with Gasteiger partial charge in [-0.15, -0.1) is 0 Å². The molecule has 0 aliphatic carbocycles. The van der Waals surface area contributed by atoms with Crippen molar-refractivity contribution in [2.45, 2.75) is 51.9 Å². The summed E-state index contributed by atoms with van der Waals surface area (Å²) in [5, 5.41) is 0. The summed E-state index contributed by atoms with van der Waals surface area (Å²) in [6.45, 7) is 3.99. The Bertz CT molecular complexity index is 94.1. The second kappa shape index (κ2) is 10.0. The van der Waals surface area contributed by atoms with Gasteiger partial charge in [-0.2, -0.15) is 0 Å². The van der Waals surface area contributed by atoms with Gasteiger partial charge in [0, 0.05) is 0 Å². The van der Waals surface area contributed by atoms with E-state index in [-0.39, 0.29) is 0 Å². The van der Waals surface area contributed by atoms with E-state index in [2.05, 4.69) is 6.92 Å². The third-order valence-electron chi connectivity index (χ3n) is 2.56. The molecule has 0 saturated heterocycles. The van der Waals surface area contributed by atoms with Gasteiger partial charge in [-0.05, 0) is 31.8 Å². The Morgan fingerprint density at radius 3 is 2.00 bits per heavy atom. The van der Waals surface area contributed by atoms with Crippen molar-refractivity contribution in [2.75, 3.05) is 13.1 Å². The predicted octanol–water partition coefficient (Wildman–Crippen LogP) is 2.27. The first-order chi connectivity index (χ1) is 6.31. The van der Waals surface area contributed by atoms with E-state index in [4.69, 9.17) is 11.5 Å². The first kappa shape index (κ1) is 12.9. The highest BCUT2D eigenvalue weighted by Gasteiger charge is 1.99. The van der Waals surface area contributed by atoms with E-state index >= 15 is 0 Å². The molecule has 4 N–H and O–H groups in total. The third-order valence-corrected chi connectivity index (χ3v) is 2.56. The Labute approximate surface area is 83.1 Å². The van der Waals surface area contributed by atoms with Crippen molar-refractivity contribution in [1.29, 1.82) is 0 Å². The van der Waals surface area contributed by atoms with Gasteiger partial charge >= 0.3 is 0 Å². The quantitative estimate of drug-likeness (QED) is 0.543. The minimum Gasteiger partial charge on any atom is -0.330 e. The molecule has 0 heterocycles. The lowest BCUT2D eigenvalue weighted by Crippen LogP contribution is -2.05. The molecule has 0 aliphatic heterocycles. The van der Waals surface area contributed by atoms with Gasteiger partial charge in [-0.3, -0.25) is 0 Å². The zero-order valence-corrected chi connectivity index (χ0v) is 9.10. The lowest BCUT2D eigenvalue weighted by molar-refractivity contribution is 0.462. The predicted molar refractivity (Wildman–Crippen MR) is 59.6 cm³/mol. The number of hydrogen-bond donors (Lipinski definition) is 2. The lowest BCUT2D eigenvalue weighted by Gasteiger charge is -2.08. The molecule has 1 unspecified atom stereocenters. The van der Waals surface area contributed by atoms with Gasteiger partial charge in [0.25, 0.3) is 0 Å². The van der Waals surface area contributed by atoms with Gasteiger partial charge < -0.3 is 11.5 Å². The van der Waals surface area contributed by atoms with E-state index in [0.717, 1.165) is 19.0 Å². The fourth-order valence-electron chi connectivity index (χ4n) is 1.60. The molecule has 80 valence electrons. The molecule has 1 atom stereocenters. The summed E-state index contributed by atoms with van der Waals surface area (Å²) in [6.07, 6.45) is 9.12. The molecule has 0 fully saturated rings. The third kappa shape index (κ3) is 9.84. The monoisotopic (exact) mass is 186 g/mol. The molecule has 2 heteroatoms. The Hall–Kier alpha value is -0.0800. The van der Waals surface area contributed by atoms with Crippen molar-refractivity contribution in [2.24, 2.45) is 17.4 Å². The van der Waals surface area contributed by atoms with E-state index in [1.54, 1.807) is 0 Å². The van der Waals surface area contributed by atoms with Crippen molar-refractivity contribution < 1.29 is 0 Å². The van der Waals surface area contributed by atoms with Crippen LogP contribution in [0, 0.1) is 5.92 Å². The van der Waals surface area contributed by atoms with Crippen LogP contribution in [0.25, 0.3) is 0 Å². The second-order valence-corrected chi connectivity index (χ2v) is 4.03. The van der Waals surface area contributed by atoms with Crippen LogP contribution in [0.5, 0.6) is 0 Å². The van der Waals surface area contributed by atoms with Crippen LogP contribution in [0.1, 0.15) is 51.9 Å². The van der Waals surface area contributed by atoms with Gasteiger partial charge in [0.1, 0.15) is 0 Å². The highest BCUT2D eigenvalue weighted by atomic mass is 14.5. The van der Waals surface area contributed by atoms with Crippen LogP contribution in [-0.4, -0.2) is 13.1 Å². The van der Waals surface area contributed by atoms with Crippen LogP contribution in [0.4, 0.5) is 0 Å². The summed E-state index contributed by atoms with van der Waals surface area (Å²) in [6, 6.07) is 0.